The first-order valence-electron chi connectivity index (χ1n) is 14.3. The van der Waals surface area contributed by atoms with Gasteiger partial charge in [0.05, 0.1) is 18.4 Å². The highest BCUT2D eigenvalue weighted by molar-refractivity contribution is 6.30. The molecule has 2 aliphatic heterocycles. The molecule has 1 N–H and O–H groups in total. The smallest absolute Gasteiger partial charge is 0.410 e. The quantitative estimate of drug-likeness (QED) is 0.390. The highest BCUT2D eigenvalue weighted by Gasteiger charge is 2.44. The third-order valence-corrected chi connectivity index (χ3v) is 8.36. The van der Waals surface area contributed by atoms with Crippen LogP contribution < -0.4 is 15.0 Å². The molecule has 3 heterocycles. The van der Waals surface area contributed by atoms with E-state index in [9.17, 15) is 14.0 Å². The van der Waals surface area contributed by atoms with Crippen molar-refractivity contribution in [2.45, 2.75) is 44.7 Å². The number of rotatable bonds is 7. The van der Waals surface area contributed by atoms with E-state index in [1.807, 2.05) is 43.0 Å². The normalized spacial score (nSPS) is 19.2. The van der Waals surface area contributed by atoms with Crippen molar-refractivity contribution in [1.82, 2.24) is 19.8 Å². The van der Waals surface area contributed by atoms with Gasteiger partial charge in [0.1, 0.15) is 23.2 Å². The lowest BCUT2D eigenvalue weighted by molar-refractivity contribution is -0.135. The Hall–Kier alpha value is -3.92. The molecular weight excluding hydrogens is 559 g/mol. The molecule has 1 aromatic heterocycles. The second-order valence-corrected chi connectivity index (χ2v) is 11.5. The zero-order valence-electron chi connectivity index (χ0n) is 24.0. The molecule has 42 heavy (non-hydrogen) atoms. The molecule has 9 nitrogen and oxygen atoms in total. The standard InChI is InChI=1S/C31H36ClFN6O3/c1-20(2)39(31(41)42-25-10-8-24(33)9-11-25)27-19-38(18-26(27)21-4-6-23(32)7-5-21)30(40)22-12-14-37(15-13-22)29-17-35-28(34-3)16-36-29/h4-11,16-17,20,22,26-27H,12-15,18-19H2,1-3H3,(H,34,35)/t26?,27-/m1/s1. The Kier molecular flexibility index (Phi) is 9.11. The van der Waals surface area contributed by atoms with E-state index in [1.165, 1.54) is 24.3 Å². The average molecular weight is 595 g/mol. The Labute approximate surface area is 250 Å². The molecule has 3 aromatic rings. The Balaban J connectivity index is 1.32. The third kappa shape index (κ3) is 6.59. The SMILES string of the molecule is CNc1cnc(N2CCC(C(=O)N3CC(c4ccc(Cl)cc4)[C@H](N(C(=O)Oc4ccc(F)cc4)C(C)C)C3)CC2)cn1. The molecule has 222 valence electrons. The van der Waals surface area contributed by atoms with Gasteiger partial charge in [-0.1, -0.05) is 23.7 Å². The van der Waals surface area contributed by atoms with Gasteiger partial charge in [0.15, 0.2) is 0 Å². The minimum Gasteiger partial charge on any atom is -0.410 e. The fraction of sp³-hybridized carbons (Fsp3) is 0.419. The second-order valence-electron chi connectivity index (χ2n) is 11.1. The first-order valence-corrected chi connectivity index (χ1v) is 14.7. The molecule has 2 fully saturated rings. The molecule has 2 aliphatic rings. The average Bonchev–Trinajstić information content (AvgIpc) is 3.43. The summed E-state index contributed by atoms with van der Waals surface area (Å²) in [7, 11) is 1.80. The van der Waals surface area contributed by atoms with Gasteiger partial charge in [-0.2, -0.15) is 0 Å². The van der Waals surface area contributed by atoms with Crippen molar-refractivity contribution < 1.29 is 18.7 Å². The minimum absolute atomic E-state index is 0.100. The molecule has 5 rings (SSSR count). The summed E-state index contributed by atoms with van der Waals surface area (Å²) in [5.74, 6) is 1.22. The number of piperidine rings is 1. The molecule has 0 spiro atoms. The minimum atomic E-state index is -0.534. The molecular formula is C31H36ClFN6O3. The molecule has 1 unspecified atom stereocenters. The van der Waals surface area contributed by atoms with Crippen molar-refractivity contribution in [3.8, 4) is 5.75 Å². The van der Waals surface area contributed by atoms with Crippen molar-refractivity contribution in [2.75, 3.05) is 43.4 Å². The summed E-state index contributed by atoms with van der Waals surface area (Å²) in [5.41, 5.74) is 0.998. The molecule has 0 radical (unpaired) electrons. The third-order valence-electron chi connectivity index (χ3n) is 8.10. The van der Waals surface area contributed by atoms with Crippen LogP contribution in [0.5, 0.6) is 5.75 Å². The van der Waals surface area contributed by atoms with Crippen LogP contribution in [0.2, 0.25) is 5.02 Å². The number of nitrogens with zero attached hydrogens (tertiary/aromatic N) is 5. The number of ether oxygens (including phenoxy) is 1. The maximum atomic E-state index is 13.9. The van der Waals surface area contributed by atoms with Crippen LogP contribution in [0, 0.1) is 11.7 Å². The monoisotopic (exact) mass is 594 g/mol. The maximum absolute atomic E-state index is 13.9. The van der Waals surface area contributed by atoms with Gasteiger partial charge in [-0.05, 0) is 68.7 Å². The summed E-state index contributed by atoms with van der Waals surface area (Å²) in [5, 5.41) is 3.59. The van der Waals surface area contributed by atoms with Gasteiger partial charge < -0.3 is 19.9 Å². The first-order chi connectivity index (χ1) is 20.2. The van der Waals surface area contributed by atoms with Gasteiger partial charge in [-0.25, -0.2) is 19.2 Å². The molecule has 0 saturated carbocycles. The van der Waals surface area contributed by atoms with Crippen LogP contribution in [0.25, 0.3) is 0 Å². The van der Waals surface area contributed by atoms with E-state index in [-0.39, 0.29) is 35.6 Å². The Morgan fingerprint density at radius 3 is 2.31 bits per heavy atom. The molecule has 11 heteroatoms. The van der Waals surface area contributed by atoms with Crippen molar-refractivity contribution in [1.29, 1.82) is 0 Å². The summed E-state index contributed by atoms with van der Waals surface area (Å²) < 4.78 is 19.1. The number of likely N-dealkylation sites (tertiary alicyclic amines) is 1. The number of carbonyl (C=O) groups is 2. The van der Waals surface area contributed by atoms with Gasteiger partial charge in [-0.15, -0.1) is 0 Å². The number of nitrogens with one attached hydrogen (secondary N) is 1. The number of carbonyl (C=O) groups excluding carboxylic acids is 2. The summed E-state index contributed by atoms with van der Waals surface area (Å²) in [6.07, 6.45) is 4.34. The van der Waals surface area contributed by atoms with Crippen LogP contribution in [0.15, 0.2) is 60.9 Å². The van der Waals surface area contributed by atoms with Crippen LogP contribution >= 0.6 is 11.6 Å². The number of aromatic nitrogens is 2. The van der Waals surface area contributed by atoms with Crippen LogP contribution in [0.1, 0.15) is 38.2 Å². The lowest BCUT2D eigenvalue weighted by Gasteiger charge is -2.35. The Morgan fingerprint density at radius 2 is 1.71 bits per heavy atom. The zero-order chi connectivity index (χ0) is 29.8. The van der Waals surface area contributed by atoms with Gasteiger partial charge in [0.25, 0.3) is 0 Å². The highest BCUT2D eigenvalue weighted by Crippen LogP contribution is 2.35. The van der Waals surface area contributed by atoms with Crippen molar-refractivity contribution in [2.24, 2.45) is 5.92 Å². The summed E-state index contributed by atoms with van der Waals surface area (Å²) in [6.45, 7) is 6.15. The van der Waals surface area contributed by atoms with Gasteiger partial charge >= 0.3 is 6.09 Å². The fourth-order valence-electron chi connectivity index (χ4n) is 5.90. The van der Waals surface area contributed by atoms with E-state index >= 15 is 0 Å². The van der Waals surface area contributed by atoms with Crippen molar-refractivity contribution >= 4 is 35.2 Å². The summed E-state index contributed by atoms with van der Waals surface area (Å²) in [6, 6.07) is 12.4. The molecule has 2 amide bonds. The lowest BCUT2D eigenvalue weighted by Crippen LogP contribution is -2.50. The number of hydrogen-bond donors (Lipinski definition) is 1. The fourth-order valence-corrected chi connectivity index (χ4v) is 6.02. The number of anilines is 2. The largest absolute Gasteiger partial charge is 0.415 e. The van der Waals surface area contributed by atoms with Crippen molar-refractivity contribution in [3.63, 3.8) is 0 Å². The van der Waals surface area contributed by atoms with E-state index in [2.05, 4.69) is 20.2 Å². The maximum Gasteiger partial charge on any atom is 0.415 e. The molecule has 2 atom stereocenters. The van der Waals surface area contributed by atoms with E-state index in [4.69, 9.17) is 16.3 Å². The first kappa shape index (κ1) is 29.6. The predicted octanol–water partition coefficient (Wildman–Crippen LogP) is 5.43. The van der Waals surface area contributed by atoms with E-state index in [0.29, 0.717) is 49.9 Å². The zero-order valence-corrected chi connectivity index (χ0v) is 24.8. The highest BCUT2D eigenvalue weighted by atomic mass is 35.5. The van der Waals surface area contributed by atoms with Crippen LogP contribution in [-0.2, 0) is 4.79 Å². The predicted molar refractivity (Wildman–Crippen MR) is 160 cm³/mol. The number of amides is 2. The number of halogens is 2. The van der Waals surface area contributed by atoms with Crippen LogP contribution in [-0.4, -0.2) is 77.1 Å². The van der Waals surface area contributed by atoms with Crippen LogP contribution in [0.3, 0.4) is 0 Å². The second kappa shape index (κ2) is 12.9. The van der Waals surface area contributed by atoms with Crippen molar-refractivity contribution in [3.05, 3.63) is 77.3 Å². The number of hydrogen-bond acceptors (Lipinski definition) is 7. The summed E-state index contributed by atoms with van der Waals surface area (Å²) >= 11 is 6.18. The van der Waals surface area contributed by atoms with Gasteiger partial charge in [-0.3, -0.25) is 9.69 Å². The Bertz CT molecular complexity index is 1360. The number of benzene rings is 2. The molecule has 0 bridgehead atoms. The van der Waals surface area contributed by atoms with E-state index in [1.54, 1.807) is 24.3 Å². The molecule has 2 aromatic carbocycles. The topological polar surface area (TPSA) is 90.9 Å². The van der Waals surface area contributed by atoms with E-state index in [0.717, 1.165) is 11.4 Å². The summed E-state index contributed by atoms with van der Waals surface area (Å²) in [4.78, 5) is 42.0. The van der Waals surface area contributed by atoms with E-state index < -0.39 is 11.9 Å². The molecule has 2 saturated heterocycles. The molecule has 0 aliphatic carbocycles. The Morgan fingerprint density at radius 1 is 1.02 bits per heavy atom. The van der Waals surface area contributed by atoms with Gasteiger partial charge in [0, 0.05) is 56.1 Å². The van der Waals surface area contributed by atoms with Gasteiger partial charge in [0.2, 0.25) is 5.91 Å². The van der Waals surface area contributed by atoms with Crippen LogP contribution in [0.4, 0.5) is 20.8 Å². The lowest BCUT2D eigenvalue weighted by atomic mass is 9.92.